The maximum atomic E-state index is 11.9. The average Bonchev–Trinajstić information content (AvgIpc) is 2.76. The normalized spacial score (nSPS) is 22.8. The van der Waals surface area contributed by atoms with Gasteiger partial charge in [-0.05, 0) is 43.5 Å². The van der Waals surface area contributed by atoms with Gasteiger partial charge in [-0.15, -0.1) is 0 Å². The van der Waals surface area contributed by atoms with Crippen molar-refractivity contribution in [2.75, 3.05) is 30.4 Å². The van der Waals surface area contributed by atoms with Crippen LogP contribution >= 0.6 is 0 Å². The number of amides is 2. The summed E-state index contributed by atoms with van der Waals surface area (Å²) in [5, 5.41) is 3.15. The van der Waals surface area contributed by atoms with E-state index < -0.39 is 6.04 Å². The fourth-order valence-corrected chi connectivity index (χ4v) is 2.99. The number of anilines is 2. The average molecular weight is 287 g/mol. The Bertz CT molecular complexity index is 535. The van der Waals surface area contributed by atoms with Crippen LogP contribution in [-0.4, -0.2) is 42.9 Å². The highest BCUT2D eigenvalue weighted by atomic mass is 16.2. The molecule has 3 rings (SSSR count). The Labute approximate surface area is 124 Å². The molecule has 21 heavy (non-hydrogen) atoms. The van der Waals surface area contributed by atoms with Gasteiger partial charge < -0.3 is 10.2 Å². The van der Waals surface area contributed by atoms with Crippen LogP contribution in [-0.2, 0) is 9.59 Å². The number of imide groups is 1. The van der Waals surface area contributed by atoms with Crippen molar-refractivity contribution in [2.24, 2.45) is 0 Å². The molecular formula is C16H21N3O2. The smallest absolute Gasteiger partial charge is 0.251 e. The van der Waals surface area contributed by atoms with Crippen molar-refractivity contribution in [1.29, 1.82) is 0 Å². The first-order valence-corrected chi connectivity index (χ1v) is 7.57. The molecule has 2 amide bonds. The molecule has 112 valence electrons. The fourth-order valence-electron chi connectivity index (χ4n) is 2.99. The summed E-state index contributed by atoms with van der Waals surface area (Å²) in [6.07, 6.45) is 4.07. The third-order valence-electron chi connectivity index (χ3n) is 4.31. The first-order valence-electron chi connectivity index (χ1n) is 7.57. The van der Waals surface area contributed by atoms with Gasteiger partial charge in [-0.2, -0.15) is 0 Å². The minimum Gasteiger partial charge on any atom is -0.373 e. The summed E-state index contributed by atoms with van der Waals surface area (Å²) in [4.78, 5) is 27.0. The van der Waals surface area contributed by atoms with Crippen molar-refractivity contribution < 1.29 is 9.59 Å². The Kier molecular flexibility index (Phi) is 3.82. The van der Waals surface area contributed by atoms with Gasteiger partial charge in [0.1, 0.15) is 6.04 Å². The molecular weight excluding hydrogens is 266 g/mol. The number of carbonyl (C=O) groups excluding carboxylic acids is 2. The number of nitrogens with one attached hydrogen (secondary N) is 1. The first kappa shape index (κ1) is 13.9. The predicted molar refractivity (Wildman–Crippen MR) is 82.3 cm³/mol. The lowest BCUT2D eigenvalue weighted by Crippen LogP contribution is -2.32. The number of likely N-dealkylation sites (N-methyl/N-ethyl adjacent to an activating group) is 1. The van der Waals surface area contributed by atoms with E-state index in [4.69, 9.17) is 0 Å². The standard InChI is InChI=1S/C16H21N3O2/c1-18-15(20)11-14(16(18)21)17-12-5-7-13(8-6-12)19-9-3-2-4-10-19/h5-8,14,17H,2-4,9-11H2,1H3. The quantitative estimate of drug-likeness (QED) is 0.862. The molecule has 1 aromatic rings. The Morgan fingerprint density at radius 2 is 1.71 bits per heavy atom. The van der Waals surface area contributed by atoms with E-state index in [9.17, 15) is 9.59 Å². The van der Waals surface area contributed by atoms with Crippen molar-refractivity contribution in [1.82, 2.24) is 4.90 Å². The molecule has 1 unspecified atom stereocenters. The molecule has 1 aromatic carbocycles. The van der Waals surface area contributed by atoms with Crippen LogP contribution in [0.1, 0.15) is 25.7 Å². The Hall–Kier alpha value is -2.04. The molecule has 1 N–H and O–H groups in total. The number of nitrogens with zero attached hydrogens (tertiary/aromatic N) is 2. The number of rotatable bonds is 3. The molecule has 2 aliphatic heterocycles. The predicted octanol–water partition coefficient (Wildman–Crippen LogP) is 1.85. The van der Waals surface area contributed by atoms with E-state index in [0.717, 1.165) is 18.8 Å². The lowest BCUT2D eigenvalue weighted by molar-refractivity contribution is -0.136. The second-order valence-electron chi connectivity index (χ2n) is 5.79. The van der Waals surface area contributed by atoms with Crippen LogP contribution in [0.5, 0.6) is 0 Å². The second kappa shape index (κ2) is 5.76. The van der Waals surface area contributed by atoms with Crippen LogP contribution in [0.3, 0.4) is 0 Å². The summed E-state index contributed by atoms with van der Waals surface area (Å²) >= 11 is 0. The highest BCUT2D eigenvalue weighted by Gasteiger charge is 2.35. The van der Waals surface area contributed by atoms with Gasteiger partial charge in [-0.3, -0.25) is 14.5 Å². The molecule has 1 atom stereocenters. The zero-order valence-electron chi connectivity index (χ0n) is 12.3. The van der Waals surface area contributed by atoms with Gasteiger partial charge >= 0.3 is 0 Å². The molecule has 0 aromatic heterocycles. The van der Waals surface area contributed by atoms with Crippen LogP contribution in [0.2, 0.25) is 0 Å². The summed E-state index contributed by atoms with van der Waals surface area (Å²) in [5.41, 5.74) is 2.11. The van der Waals surface area contributed by atoms with Gasteiger partial charge in [0.15, 0.2) is 0 Å². The van der Waals surface area contributed by atoms with E-state index in [1.54, 1.807) is 0 Å². The SMILES string of the molecule is CN1C(=O)CC(Nc2ccc(N3CCCCC3)cc2)C1=O. The highest BCUT2D eigenvalue weighted by Crippen LogP contribution is 2.23. The number of hydrogen-bond donors (Lipinski definition) is 1. The van der Waals surface area contributed by atoms with Crippen molar-refractivity contribution >= 4 is 23.2 Å². The second-order valence-corrected chi connectivity index (χ2v) is 5.79. The summed E-state index contributed by atoms with van der Waals surface area (Å²) in [5.74, 6) is -0.275. The lowest BCUT2D eigenvalue weighted by atomic mass is 10.1. The maximum absolute atomic E-state index is 11.9. The van der Waals surface area contributed by atoms with Crippen LogP contribution in [0.25, 0.3) is 0 Å². The number of likely N-dealkylation sites (tertiary alicyclic amines) is 1. The number of carbonyl (C=O) groups is 2. The van der Waals surface area contributed by atoms with Gasteiger partial charge in [0.2, 0.25) is 5.91 Å². The van der Waals surface area contributed by atoms with Crippen molar-refractivity contribution in [3.63, 3.8) is 0 Å². The van der Waals surface area contributed by atoms with Gasteiger partial charge in [-0.25, -0.2) is 0 Å². The van der Waals surface area contributed by atoms with E-state index in [1.807, 2.05) is 12.1 Å². The molecule has 5 nitrogen and oxygen atoms in total. The lowest BCUT2D eigenvalue weighted by Gasteiger charge is -2.29. The molecule has 0 spiro atoms. The monoisotopic (exact) mass is 287 g/mol. The summed E-state index contributed by atoms with van der Waals surface area (Å²) in [6, 6.07) is 7.71. The fraction of sp³-hybridized carbons (Fsp3) is 0.500. The van der Waals surface area contributed by atoms with Gasteiger partial charge in [0.05, 0.1) is 6.42 Å². The molecule has 0 saturated carbocycles. The van der Waals surface area contributed by atoms with E-state index in [0.29, 0.717) is 0 Å². The Balaban J connectivity index is 1.64. The zero-order valence-corrected chi connectivity index (χ0v) is 12.3. The summed E-state index contributed by atoms with van der Waals surface area (Å²) in [6.45, 7) is 2.24. The molecule has 2 fully saturated rings. The number of benzene rings is 1. The Morgan fingerprint density at radius 1 is 1.05 bits per heavy atom. The minimum atomic E-state index is -0.427. The molecule has 0 aliphatic carbocycles. The van der Waals surface area contributed by atoms with Gasteiger partial charge in [0, 0.05) is 31.5 Å². The zero-order chi connectivity index (χ0) is 14.8. The van der Waals surface area contributed by atoms with Crippen LogP contribution in [0, 0.1) is 0 Å². The molecule has 2 heterocycles. The van der Waals surface area contributed by atoms with E-state index in [1.165, 1.54) is 36.9 Å². The first-order chi connectivity index (χ1) is 10.1. The molecule has 5 heteroatoms. The number of piperidine rings is 1. The van der Waals surface area contributed by atoms with Crippen molar-refractivity contribution in [3.8, 4) is 0 Å². The van der Waals surface area contributed by atoms with E-state index in [2.05, 4.69) is 22.3 Å². The maximum Gasteiger partial charge on any atom is 0.251 e. The minimum absolute atomic E-state index is 0.123. The van der Waals surface area contributed by atoms with Crippen LogP contribution in [0.15, 0.2) is 24.3 Å². The molecule has 0 bridgehead atoms. The van der Waals surface area contributed by atoms with Crippen LogP contribution < -0.4 is 10.2 Å². The number of hydrogen-bond acceptors (Lipinski definition) is 4. The summed E-state index contributed by atoms with van der Waals surface area (Å²) in [7, 11) is 1.53. The van der Waals surface area contributed by atoms with Gasteiger partial charge in [-0.1, -0.05) is 0 Å². The largest absolute Gasteiger partial charge is 0.373 e. The van der Waals surface area contributed by atoms with Crippen LogP contribution in [0.4, 0.5) is 11.4 Å². The van der Waals surface area contributed by atoms with E-state index in [-0.39, 0.29) is 18.2 Å². The Morgan fingerprint density at radius 3 is 2.29 bits per heavy atom. The molecule has 2 aliphatic rings. The third kappa shape index (κ3) is 2.86. The topological polar surface area (TPSA) is 52.7 Å². The van der Waals surface area contributed by atoms with E-state index >= 15 is 0 Å². The molecule has 2 saturated heterocycles. The van der Waals surface area contributed by atoms with Crippen molar-refractivity contribution in [3.05, 3.63) is 24.3 Å². The molecule has 0 radical (unpaired) electrons. The third-order valence-corrected chi connectivity index (χ3v) is 4.31. The highest BCUT2D eigenvalue weighted by molar-refractivity contribution is 6.06. The van der Waals surface area contributed by atoms with Crippen molar-refractivity contribution in [2.45, 2.75) is 31.7 Å². The van der Waals surface area contributed by atoms with Gasteiger partial charge in [0.25, 0.3) is 5.91 Å². The summed E-state index contributed by atoms with van der Waals surface area (Å²) < 4.78 is 0.